The lowest BCUT2D eigenvalue weighted by molar-refractivity contribution is 0.0597. The Hall–Kier alpha value is -2.94. The molecule has 1 saturated heterocycles. The number of carbonyl (C=O) groups excluding carboxylic acids is 1. The number of hydrogen-bond donors (Lipinski definition) is 2. The van der Waals surface area contributed by atoms with Crippen molar-refractivity contribution in [2.24, 2.45) is 0 Å². The van der Waals surface area contributed by atoms with Crippen LogP contribution in [0.4, 0.5) is 5.82 Å². The van der Waals surface area contributed by atoms with Crippen molar-refractivity contribution >= 4 is 56.9 Å². The molecule has 2 aromatic heterocycles. The zero-order valence-electron chi connectivity index (χ0n) is 24.1. The van der Waals surface area contributed by atoms with Gasteiger partial charge in [0.15, 0.2) is 0 Å². The number of piperidine rings is 1. The van der Waals surface area contributed by atoms with Gasteiger partial charge < -0.3 is 20.1 Å². The maximum Gasteiger partial charge on any atom is 0.255 e. The standard InChI is InChI=1S/C31H39Cl2N7O/c1-4-39(5-2)14-8-6-10-22-11-7-9-15-40(22)31(41)23-18-27-24(17-25(23)33)30(35-19-34-27)36-20(3)29-37-26-13-12-21(32)16-28(26)38-29/h12-13,16-20,22H,4-11,14-15H2,1-3H3,(H,37,38)(H,34,35,36)/t20-,22-/m0/s1. The molecule has 1 aliphatic heterocycles. The lowest BCUT2D eigenvalue weighted by Gasteiger charge is -2.36. The van der Waals surface area contributed by atoms with E-state index < -0.39 is 0 Å². The summed E-state index contributed by atoms with van der Waals surface area (Å²) in [7, 11) is 0. The van der Waals surface area contributed by atoms with Gasteiger partial charge in [-0.2, -0.15) is 0 Å². The van der Waals surface area contributed by atoms with Crippen molar-refractivity contribution in [3.8, 4) is 0 Å². The molecule has 1 amide bonds. The zero-order valence-corrected chi connectivity index (χ0v) is 25.6. The Balaban J connectivity index is 1.32. The van der Waals surface area contributed by atoms with Crippen LogP contribution in [0.5, 0.6) is 0 Å². The third-order valence-corrected chi connectivity index (χ3v) is 8.77. The number of carbonyl (C=O) groups is 1. The number of aromatic amines is 1. The molecule has 8 nitrogen and oxygen atoms in total. The second-order valence-electron chi connectivity index (χ2n) is 10.9. The van der Waals surface area contributed by atoms with Crippen LogP contribution in [-0.2, 0) is 0 Å². The van der Waals surface area contributed by atoms with Crippen LogP contribution >= 0.6 is 23.2 Å². The number of halogens is 2. The van der Waals surface area contributed by atoms with E-state index in [4.69, 9.17) is 23.2 Å². The van der Waals surface area contributed by atoms with Gasteiger partial charge in [0.05, 0.1) is 33.2 Å². The topological polar surface area (TPSA) is 90.0 Å². The van der Waals surface area contributed by atoms with Crippen LogP contribution < -0.4 is 5.32 Å². The van der Waals surface area contributed by atoms with Gasteiger partial charge in [0.25, 0.3) is 5.91 Å². The molecule has 0 saturated carbocycles. The van der Waals surface area contributed by atoms with Gasteiger partial charge in [-0.3, -0.25) is 4.79 Å². The van der Waals surface area contributed by atoms with E-state index in [1.807, 2.05) is 36.1 Å². The van der Waals surface area contributed by atoms with Crippen molar-refractivity contribution in [2.45, 2.75) is 71.4 Å². The molecule has 1 fully saturated rings. The fourth-order valence-corrected chi connectivity index (χ4v) is 6.23. The quantitative estimate of drug-likeness (QED) is 0.174. The van der Waals surface area contributed by atoms with E-state index in [9.17, 15) is 4.79 Å². The number of imidazole rings is 1. The molecule has 10 heteroatoms. The molecule has 0 unspecified atom stereocenters. The molecule has 2 atom stereocenters. The first kappa shape index (κ1) is 29.5. The summed E-state index contributed by atoms with van der Waals surface area (Å²) in [6.07, 6.45) is 8.05. The van der Waals surface area contributed by atoms with E-state index in [1.165, 1.54) is 6.33 Å². The molecule has 0 radical (unpaired) electrons. The Morgan fingerprint density at radius 3 is 2.76 bits per heavy atom. The van der Waals surface area contributed by atoms with Crippen LogP contribution in [0.1, 0.15) is 81.5 Å². The Bertz CT molecular complexity index is 1500. The number of nitrogens with one attached hydrogen (secondary N) is 2. The molecule has 2 N–H and O–H groups in total. The molecule has 41 heavy (non-hydrogen) atoms. The van der Waals surface area contributed by atoms with E-state index in [-0.39, 0.29) is 18.0 Å². The highest BCUT2D eigenvalue weighted by molar-refractivity contribution is 6.35. The monoisotopic (exact) mass is 595 g/mol. The molecule has 2 aromatic carbocycles. The highest BCUT2D eigenvalue weighted by Crippen LogP contribution is 2.32. The lowest BCUT2D eigenvalue weighted by atomic mass is 9.96. The molecule has 0 bridgehead atoms. The van der Waals surface area contributed by atoms with Crippen LogP contribution in [0.15, 0.2) is 36.7 Å². The number of nitrogens with zero attached hydrogens (tertiary/aromatic N) is 5. The van der Waals surface area contributed by atoms with Crippen LogP contribution in [0.2, 0.25) is 10.0 Å². The molecule has 1 aliphatic rings. The van der Waals surface area contributed by atoms with Gasteiger partial charge >= 0.3 is 0 Å². The number of H-pyrrole nitrogens is 1. The molecule has 218 valence electrons. The molecule has 0 aliphatic carbocycles. The van der Waals surface area contributed by atoms with E-state index in [2.05, 4.69) is 44.0 Å². The fourth-order valence-electron chi connectivity index (χ4n) is 5.81. The normalized spacial score (nSPS) is 16.5. The van der Waals surface area contributed by atoms with E-state index in [0.717, 1.165) is 86.9 Å². The second-order valence-corrected chi connectivity index (χ2v) is 11.7. The Labute approximate surface area is 251 Å². The number of fused-ring (bicyclic) bond motifs is 2. The second kappa shape index (κ2) is 13.4. The number of hydrogen-bond acceptors (Lipinski definition) is 6. The summed E-state index contributed by atoms with van der Waals surface area (Å²) in [6.45, 7) is 10.5. The van der Waals surface area contributed by atoms with Gasteiger partial charge in [0, 0.05) is 23.0 Å². The molecule has 3 heterocycles. The molecule has 5 rings (SSSR count). The Morgan fingerprint density at radius 2 is 1.95 bits per heavy atom. The van der Waals surface area contributed by atoms with Gasteiger partial charge in [-0.15, -0.1) is 0 Å². The number of aromatic nitrogens is 4. The van der Waals surface area contributed by atoms with E-state index in [1.54, 1.807) is 6.07 Å². The third kappa shape index (κ3) is 6.76. The minimum atomic E-state index is -0.171. The van der Waals surface area contributed by atoms with Gasteiger partial charge in [0.2, 0.25) is 0 Å². The summed E-state index contributed by atoms with van der Waals surface area (Å²) in [6, 6.07) is 9.27. The number of amides is 1. The summed E-state index contributed by atoms with van der Waals surface area (Å²) in [4.78, 5) is 35.3. The largest absolute Gasteiger partial charge is 0.360 e. The van der Waals surface area contributed by atoms with Crippen molar-refractivity contribution in [2.75, 3.05) is 31.5 Å². The van der Waals surface area contributed by atoms with Gasteiger partial charge in [-0.05, 0) is 89.0 Å². The number of benzene rings is 2. The summed E-state index contributed by atoms with van der Waals surface area (Å²) in [5.74, 6) is 1.39. The highest BCUT2D eigenvalue weighted by atomic mass is 35.5. The van der Waals surface area contributed by atoms with Gasteiger partial charge in [0.1, 0.15) is 18.0 Å². The number of anilines is 1. The van der Waals surface area contributed by atoms with Crippen LogP contribution in [0.25, 0.3) is 21.9 Å². The minimum Gasteiger partial charge on any atom is -0.360 e. The summed E-state index contributed by atoms with van der Waals surface area (Å²) in [5, 5.41) is 5.26. The van der Waals surface area contributed by atoms with Gasteiger partial charge in [-0.25, -0.2) is 15.0 Å². The van der Waals surface area contributed by atoms with Crippen molar-refractivity contribution < 1.29 is 4.79 Å². The number of rotatable bonds is 11. The first-order valence-electron chi connectivity index (χ1n) is 14.8. The summed E-state index contributed by atoms with van der Waals surface area (Å²) in [5.41, 5.74) is 2.89. The van der Waals surface area contributed by atoms with Crippen LogP contribution in [0.3, 0.4) is 0 Å². The van der Waals surface area contributed by atoms with Crippen LogP contribution in [-0.4, -0.2) is 67.9 Å². The number of likely N-dealkylation sites (tertiary alicyclic amines) is 1. The predicted molar refractivity (Wildman–Crippen MR) is 168 cm³/mol. The van der Waals surface area contributed by atoms with Crippen molar-refractivity contribution in [3.63, 3.8) is 0 Å². The Kier molecular flexibility index (Phi) is 9.63. The fraction of sp³-hybridized carbons (Fsp3) is 0.484. The Morgan fingerprint density at radius 1 is 1.12 bits per heavy atom. The van der Waals surface area contributed by atoms with E-state index >= 15 is 0 Å². The average molecular weight is 597 g/mol. The molecule has 4 aromatic rings. The van der Waals surface area contributed by atoms with Crippen molar-refractivity contribution in [3.05, 3.63) is 58.1 Å². The minimum absolute atomic E-state index is 0.00670. The zero-order chi connectivity index (χ0) is 28.9. The predicted octanol–water partition coefficient (Wildman–Crippen LogP) is 7.49. The van der Waals surface area contributed by atoms with Crippen LogP contribution in [0, 0.1) is 0 Å². The lowest BCUT2D eigenvalue weighted by Crippen LogP contribution is -2.43. The smallest absolute Gasteiger partial charge is 0.255 e. The highest BCUT2D eigenvalue weighted by Gasteiger charge is 2.29. The first-order chi connectivity index (χ1) is 19.9. The van der Waals surface area contributed by atoms with Gasteiger partial charge in [-0.1, -0.05) is 43.5 Å². The first-order valence-corrected chi connectivity index (χ1v) is 15.5. The van der Waals surface area contributed by atoms with E-state index in [0.29, 0.717) is 26.9 Å². The van der Waals surface area contributed by atoms with Crippen molar-refractivity contribution in [1.82, 2.24) is 29.7 Å². The maximum absolute atomic E-state index is 13.8. The molecular weight excluding hydrogens is 557 g/mol. The molecular formula is C31H39Cl2N7O. The summed E-state index contributed by atoms with van der Waals surface area (Å²) >= 11 is 12.9. The average Bonchev–Trinajstić information content (AvgIpc) is 3.41. The maximum atomic E-state index is 13.8. The number of unbranched alkanes of at least 4 members (excludes halogenated alkanes) is 1. The molecule has 0 spiro atoms. The third-order valence-electron chi connectivity index (χ3n) is 8.22. The summed E-state index contributed by atoms with van der Waals surface area (Å²) < 4.78 is 0. The SMILES string of the molecule is CCN(CC)CCCC[C@H]1CCCCN1C(=O)c1cc2ncnc(N[C@@H](C)c3nc4ccc(Cl)cc4[nH]3)c2cc1Cl. The van der Waals surface area contributed by atoms with Crippen molar-refractivity contribution in [1.29, 1.82) is 0 Å².